The second kappa shape index (κ2) is 12.4. The fourth-order valence-electron chi connectivity index (χ4n) is 5.58. The number of pyridine rings is 2. The van der Waals surface area contributed by atoms with Crippen LogP contribution < -0.4 is 16.4 Å². The van der Waals surface area contributed by atoms with Gasteiger partial charge in [-0.3, -0.25) is 19.2 Å². The zero-order chi connectivity index (χ0) is 33.5. The molecule has 1 aliphatic heterocycles. The van der Waals surface area contributed by atoms with Crippen LogP contribution in [0, 0.1) is 5.82 Å². The van der Waals surface area contributed by atoms with Gasteiger partial charge in [0, 0.05) is 49.0 Å². The first-order valence-electron chi connectivity index (χ1n) is 15.1. The molecule has 5 aromatic rings. The van der Waals surface area contributed by atoms with Crippen LogP contribution >= 0.6 is 0 Å². The summed E-state index contributed by atoms with van der Waals surface area (Å²) >= 11 is 0. The molecule has 6 rings (SSSR count). The van der Waals surface area contributed by atoms with E-state index in [0.717, 1.165) is 10.2 Å². The molecule has 4 heterocycles. The van der Waals surface area contributed by atoms with Crippen LogP contribution in [-0.2, 0) is 17.2 Å². The molecule has 0 spiro atoms. The number of halogens is 1. The quantitative estimate of drug-likeness (QED) is 0.268. The molecule has 1 N–H and O–H groups in total. The lowest BCUT2D eigenvalue weighted by molar-refractivity contribution is 0.0302. The van der Waals surface area contributed by atoms with Crippen LogP contribution in [0.1, 0.15) is 47.1 Å². The molecule has 0 aliphatic carbocycles. The van der Waals surface area contributed by atoms with Gasteiger partial charge in [0.15, 0.2) is 6.29 Å². The minimum absolute atomic E-state index is 0.127. The molecule has 1 amide bonds. The van der Waals surface area contributed by atoms with Crippen molar-refractivity contribution < 1.29 is 18.7 Å². The topological polar surface area (TPSA) is 128 Å². The number of carbonyl (C=O) groups excluding carboxylic acids is 2. The highest BCUT2D eigenvalue weighted by atomic mass is 19.1. The number of amides is 1. The Morgan fingerprint density at radius 1 is 1.02 bits per heavy atom. The molecule has 3 aromatic heterocycles. The first-order chi connectivity index (χ1) is 22.5. The maximum absolute atomic E-state index is 15.3. The molecule has 0 saturated carbocycles. The van der Waals surface area contributed by atoms with E-state index in [9.17, 15) is 19.2 Å². The number of hydrogen-bond donors (Lipinski definition) is 1. The minimum atomic E-state index is -0.704. The molecule has 0 bridgehead atoms. The number of nitrogens with one attached hydrogen (secondary N) is 1. The SMILES string of the molecule is Cn1cc(-c2cccc(-n3ncc4cc(C(C)(C)C)cc(F)c4c3=O)c2C=O)cc(Nc2ccc(C(=O)N3CCOCC3)cn2)c1=O. The van der Waals surface area contributed by atoms with E-state index >= 15 is 4.39 Å². The smallest absolute Gasteiger partial charge is 0.282 e. The zero-order valence-electron chi connectivity index (χ0n) is 26.4. The highest BCUT2D eigenvalue weighted by molar-refractivity contribution is 5.94. The van der Waals surface area contributed by atoms with Gasteiger partial charge in [-0.2, -0.15) is 9.78 Å². The summed E-state index contributed by atoms with van der Waals surface area (Å²) in [7, 11) is 1.57. The molecular formula is C35H33FN6O5. The van der Waals surface area contributed by atoms with E-state index in [1.807, 2.05) is 20.8 Å². The number of benzene rings is 2. The van der Waals surface area contributed by atoms with Gasteiger partial charge < -0.3 is 19.5 Å². The summed E-state index contributed by atoms with van der Waals surface area (Å²) in [5.41, 5.74) is 1.12. The summed E-state index contributed by atoms with van der Waals surface area (Å²) in [5, 5.41) is 7.56. The second-order valence-corrected chi connectivity index (χ2v) is 12.4. The molecule has 2 aromatic carbocycles. The van der Waals surface area contributed by atoms with E-state index < -0.39 is 11.4 Å². The number of rotatable bonds is 6. The summed E-state index contributed by atoms with van der Waals surface area (Å²) in [6.07, 6.45) is 5.04. The Morgan fingerprint density at radius 2 is 1.79 bits per heavy atom. The van der Waals surface area contributed by atoms with Gasteiger partial charge in [0.1, 0.15) is 17.3 Å². The van der Waals surface area contributed by atoms with Gasteiger partial charge in [-0.25, -0.2) is 9.37 Å². The van der Waals surface area contributed by atoms with E-state index in [2.05, 4.69) is 15.4 Å². The number of ether oxygens (including phenoxy) is 1. The van der Waals surface area contributed by atoms with Crippen molar-refractivity contribution in [2.24, 2.45) is 7.05 Å². The van der Waals surface area contributed by atoms with Gasteiger partial charge >= 0.3 is 0 Å². The number of anilines is 2. The lowest BCUT2D eigenvalue weighted by Crippen LogP contribution is -2.40. The molecule has 1 aliphatic rings. The number of nitrogens with zero attached hydrogens (tertiary/aromatic N) is 5. The molecule has 0 unspecified atom stereocenters. The van der Waals surface area contributed by atoms with Gasteiger partial charge in [0.05, 0.1) is 36.0 Å². The van der Waals surface area contributed by atoms with Gasteiger partial charge in [0.2, 0.25) is 0 Å². The first-order valence-corrected chi connectivity index (χ1v) is 15.1. The Hall–Kier alpha value is -5.49. The summed E-state index contributed by atoms with van der Waals surface area (Å²) < 4.78 is 23.0. The normalized spacial score (nSPS) is 13.5. The average Bonchev–Trinajstić information content (AvgIpc) is 3.06. The van der Waals surface area contributed by atoms with Crippen LogP contribution in [0.4, 0.5) is 15.9 Å². The molecule has 0 atom stereocenters. The Kier molecular flexibility index (Phi) is 8.29. The van der Waals surface area contributed by atoms with Crippen LogP contribution in [-0.4, -0.2) is 62.7 Å². The summed E-state index contributed by atoms with van der Waals surface area (Å²) in [6, 6.07) is 12.8. The fraction of sp³-hybridized carbons (Fsp3) is 0.257. The Balaban J connectivity index is 1.36. The summed E-state index contributed by atoms with van der Waals surface area (Å²) in [4.78, 5) is 58.1. The monoisotopic (exact) mass is 636 g/mol. The number of fused-ring (bicyclic) bond motifs is 1. The van der Waals surface area contributed by atoms with E-state index in [4.69, 9.17) is 4.74 Å². The number of carbonyl (C=O) groups is 2. The summed E-state index contributed by atoms with van der Waals surface area (Å²) in [5.74, 6) is -0.479. The van der Waals surface area contributed by atoms with Gasteiger partial charge in [-0.15, -0.1) is 0 Å². The fourth-order valence-corrected chi connectivity index (χ4v) is 5.58. The molecule has 11 nitrogen and oxygen atoms in total. The molecule has 240 valence electrons. The predicted molar refractivity (Wildman–Crippen MR) is 176 cm³/mol. The van der Waals surface area contributed by atoms with Crippen LogP contribution in [0.25, 0.3) is 27.6 Å². The van der Waals surface area contributed by atoms with Crippen LogP contribution in [0.15, 0.2) is 76.7 Å². The number of aldehydes is 1. The van der Waals surface area contributed by atoms with Crippen molar-refractivity contribution in [3.8, 4) is 16.8 Å². The van der Waals surface area contributed by atoms with Crippen molar-refractivity contribution >= 4 is 34.5 Å². The molecule has 47 heavy (non-hydrogen) atoms. The van der Waals surface area contributed by atoms with E-state index in [0.29, 0.717) is 60.5 Å². The Morgan fingerprint density at radius 3 is 2.47 bits per heavy atom. The minimum Gasteiger partial charge on any atom is -0.378 e. The van der Waals surface area contributed by atoms with Crippen LogP contribution in [0.3, 0.4) is 0 Å². The lowest BCUT2D eigenvalue weighted by Gasteiger charge is -2.26. The predicted octanol–water partition coefficient (Wildman–Crippen LogP) is 4.61. The van der Waals surface area contributed by atoms with Crippen LogP contribution in [0.2, 0.25) is 0 Å². The number of hydrogen-bond acceptors (Lipinski definition) is 8. The highest BCUT2D eigenvalue weighted by Gasteiger charge is 2.22. The van der Waals surface area contributed by atoms with Crippen molar-refractivity contribution in [3.63, 3.8) is 0 Å². The molecule has 1 saturated heterocycles. The second-order valence-electron chi connectivity index (χ2n) is 12.4. The van der Waals surface area contributed by atoms with Crippen LogP contribution in [0.5, 0.6) is 0 Å². The molecular weight excluding hydrogens is 603 g/mol. The maximum atomic E-state index is 15.3. The zero-order valence-corrected chi connectivity index (χ0v) is 26.4. The van der Waals surface area contributed by atoms with Crippen molar-refractivity contribution in [1.29, 1.82) is 0 Å². The average molecular weight is 637 g/mol. The van der Waals surface area contributed by atoms with Gasteiger partial charge in [-0.05, 0) is 52.9 Å². The maximum Gasteiger partial charge on any atom is 0.282 e. The number of aromatic nitrogens is 4. The first kappa shape index (κ1) is 31.5. The van der Waals surface area contributed by atoms with E-state index in [1.165, 1.54) is 23.0 Å². The largest absolute Gasteiger partial charge is 0.378 e. The van der Waals surface area contributed by atoms with Crippen molar-refractivity contribution in [2.75, 3.05) is 31.6 Å². The Bertz CT molecular complexity index is 2140. The standard InChI is InChI=1S/C35H33FN6O5/c1-35(2,3)24-14-22-18-38-42(34(46)31(22)27(36)16-24)29-7-5-6-25(26(29)20-43)23-15-28(33(45)40(4)19-23)39-30-9-8-21(17-37-30)32(44)41-10-12-47-13-11-41/h5-9,14-20H,10-13H2,1-4H3,(H,37,39). The van der Waals surface area contributed by atoms with Crippen molar-refractivity contribution in [2.45, 2.75) is 26.2 Å². The lowest BCUT2D eigenvalue weighted by atomic mass is 9.86. The molecule has 12 heteroatoms. The number of morpholine rings is 1. The van der Waals surface area contributed by atoms with Gasteiger partial charge in [0.25, 0.3) is 17.0 Å². The third kappa shape index (κ3) is 6.07. The van der Waals surface area contributed by atoms with E-state index in [-0.39, 0.29) is 39.2 Å². The van der Waals surface area contributed by atoms with Gasteiger partial charge in [-0.1, -0.05) is 32.9 Å². The molecule has 1 fully saturated rings. The Labute approximate surface area is 269 Å². The van der Waals surface area contributed by atoms with Crippen molar-refractivity contribution in [1.82, 2.24) is 24.2 Å². The third-order valence-corrected chi connectivity index (χ3v) is 8.20. The summed E-state index contributed by atoms with van der Waals surface area (Å²) in [6.45, 7) is 7.84. The third-order valence-electron chi connectivity index (χ3n) is 8.20. The molecule has 0 radical (unpaired) electrons. The highest BCUT2D eigenvalue weighted by Crippen LogP contribution is 2.30. The number of aryl methyl sites for hydroxylation is 1. The van der Waals surface area contributed by atoms with Crippen molar-refractivity contribution in [3.05, 3.63) is 110 Å². The van der Waals surface area contributed by atoms with E-state index in [1.54, 1.807) is 60.6 Å².